The van der Waals surface area contributed by atoms with Crippen LogP contribution < -0.4 is 0 Å². The normalized spacial score (nSPS) is 32.7. The summed E-state index contributed by atoms with van der Waals surface area (Å²) in [4.78, 5) is 15.7. The van der Waals surface area contributed by atoms with E-state index in [0.29, 0.717) is 6.04 Å². The van der Waals surface area contributed by atoms with Crippen LogP contribution in [0.3, 0.4) is 0 Å². The third kappa shape index (κ3) is 1.65. The van der Waals surface area contributed by atoms with Gasteiger partial charge in [0.25, 0.3) is 0 Å². The maximum atomic E-state index is 11.2. The first-order valence-electron chi connectivity index (χ1n) is 5.57. The van der Waals surface area contributed by atoms with E-state index in [1.54, 1.807) is 6.92 Å². The molecule has 2 rings (SSSR count). The van der Waals surface area contributed by atoms with E-state index in [2.05, 4.69) is 18.7 Å². The van der Waals surface area contributed by atoms with Gasteiger partial charge >= 0.3 is 0 Å². The first kappa shape index (κ1) is 9.97. The van der Waals surface area contributed by atoms with Gasteiger partial charge in [0.15, 0.2) is 0 Å². The molecule has 0 bridgehead atoms. The molecule has 0 aromatic heterocycles. The molecular weight excluding hydrogens is 176 g/mol. The highest BCUT2D eigenvalue weighted by atomic mass is 16.2. The molecule has 2 fully saturated rings. The van der Waals surface area contributed by atoms with Crippen molar-refractivity contribution in [3.05, 3.63) is 0 Å². The maximum absolute atomic E-state index is 11.2. The van der Waals surface area contributed by atoms with E-state index >= 15 is 0 Å². The number of carbonyl (C=O) groups excluding carboxylic acids is 1. The molecule has 2 atom stereocenters. The molecule has 2 aliphatic rings. The Labute approximate surface area is 86.1 Å². The number of rotatable bonds is 1. The molecule has 0 N–H and O–H groups in total. The summed E-state index contributed by atoms with van der Waals surface area (Å²) in [6.07, 6.45) is 0. The Kier molecular flexibility index (Phi) is 2.52. The number of nitrogens with zero attached hydrogens (tertiary/aromatic N) is 2. The molecule has 80 valence electrons. The van der Waals surface area contributed by atoms with Gasteiger partial charge in [-0.1, -0.05) is 0 Å². The first-order chi connectivity index (χ1) is 6.58. The van der Waals surface area contributed by atoms with Gasteiger partial charge in [-0.05, 0) is 25.7 Å². The van der Waals surface area contributed by atoms with Gasteiger partial charge in [-0.25, -0.2) is 0 Å². The smallest absolute Gasteiger partial charge is 0.219 e. The van der Waals surface area contributed by atoms with E-state index in [9.17, 15) is 4.79 Å². The third-order valence-corrected chi connectivity index (χ3v) is 3.69. The largest absolute Gasteiger partial charge is 0.342 e. The van der Waals surface area contributed by atoms with Gasteiger partial charge in [-0.15, -0.1) is 0 Å². The van der Waals surface area contributed by atoms with Gasteiger partial charge < -0.3 is 9.80 Å². The second kappa shape index (κ2) is 3.54. The Morgan fingerprint density at radius 3 is 2.00 bits per heavy atom. The predicted molar refractivity (Wildman–Crippen MR) is 55.9 cm³/mol. The summed E-state index contributed by atoms with van der Waals surface area (Å²) in [5, 5.41) is 0. The Morgan fingerprint density at radius 1 is 1.14 bits per heavy atom. The SMILES string of the molecule is CC(=O)N1C[C@@H]2CN(C(C)C)C[C@@H]2C1. The van der Waals surface area contributed by atoms with Crippen molar-refractivity contribution in [2.75, 3.05) is 26.2 Å². The molecule has 14 heavy (non-hydrogen) atoms. The van der Waals surface area contributed by atoms with Crippen molar-refractivity contribution in [2.24, 2.45) is 11.8 Å². The molecule has 0 spiro atoms. The zero-order chi connectivity index (χ0) is 10.3. The number of likely N-dealkylation sites (tertiary alicyclic amines) is 2. The standard InChI is InChI=1S/C11H20N2O/c1-8(2)12-4-10-6-13(9(3)14)7-11(10)5-12/h8,10-11H,4-7H2,1-3H3/t10-,11+. The van der Waals surface area contributed by atoms with Gasteiger partial charge in [0.1, 0.15) is 0 Å². The van der Waals surface area contributed by atoms with Gasteiger partial charge in [-0.2, -0.15) is 0 Å². The van der Waals surface area contributed by atoms with Crippen molar-refractivity contribution in [3.63, 3.8) is 0 Å². The van der Waals surface area contributed by atoms with E-state index in [-0.39, 0.29) is 5.91 Å². The van der Waals surface area contributed by atoms with Gasteiger partial charge in [-0.3, -0.25) is 4.79 Å². The Morgan fingerprint density at radius 2 is 1.64 bits per heavy atom. The van der Waals surface area contributed by atoms with Crippen LogP contribution in [0.4, 0.5) is 0 Å². The van der Waals surface area contributed by atoms with Crippen LogP contribution in [-0.2, 0) is 4.79 Å². The fourth-order valence-corrected chi connectivity index (χ4v) is 2.71. The van der Waals surface area contributed by atoms with Crippen LogP contribution in [0.25, 0.3) is 0 Å². The molecular formula is C11H20N2O. The molecule has 2 aliphatic heterocycles. The van der Waals surface area contributed by atoms with E-state index in [1.807, 2.05) is 4.90 Å². The minimum absolute atomic E-state index is 0.246. The molecule has 0 aromatic rings. The van der Waals surface area contributed by atoms with E-state index < -0.39 is 0 Å². The van der Waals surface area contributed by atoms with Crippen LogP contribution in [0.1, 0.15) is 20.8 Å². The topological polar surface area (TPSA) is 23.6 Å². The Bertz CT molecular complexity index is 225. The minimum Gasteiger partial charge on any atom is -0.342 e. The highest BCUT2D eigenvalue weighted by Crippen LogP contribution is 2.31. The third-order valence-electron chi connectivity index (χ3n) is 3.69. The lowest BCUT2D eigenvalue weighted by atomic mass is 10.0. The lowest BCUT2D eigenvalue weighted by molar-refractivity contribution is -0.128. The number of amides is 1. The van der Waals surface area contributed by atoms with Crippen molar-refractivity contribution in [1.29, 1.82) is 0 Å². The molecule has 3 heteroatoms. The molecule has 0 aliphatic carbocycles. The summed E-state index contributed by atoms with van der Waals surface area (Å²) in [6.45, 7) is 10.5. The predicted octanol–water partition coefficient (Wildman–Crippen LogP) is 0.805. The lowest BCUT2D eigenvalue weighted by Crippen LogP contribution is -2.34. The summed E-state index contributed by atoms with van der Waals surface area (Å²) in [7, 11) is 0. The van der Waals surface area contributed by atoms with Gasteiger partial charge in [0.2, 0.25) is 5.91 Å². The average Bonchev–Trinajstić information content (AvgIpc) is 2.57. The van der Waals surface area contributed by atoms with Gasteiger partial charge in [0, 0.05) is 39.1 Å². The fraction of sp³-hybridized carbons (Fsp3) is 0.909. The quantitative estimate of drug-likeness (QED) is 0.619. The zero-order valence-electron chi connectivity index (χ0n) is 9.36. The van der Waals surface area contributed by atoms with E-state index in [0.717, 1.165) is 24.9 Å². The van der Waals surface area contributed by atoms with Gasteiger partial charge in [0.05, 0.1) is 0 Å². The van der Waals surface area contributed by atoms with Crippen LogP contribution in [-0.4, -0.2) is 47.9 Å². The minimum atomic E-state index is 0.246. The highest BCUT2D eigenvalue weighted by Gasteiger charge is 2.41. The number of carbonyl (C=O) groups is 1. The van der Waals surface area contributed by atoms with Crippen molar-refractivity contribution in [2.45, 2.75) is 26.8 Å². The molecule has 0 unspecified atom stereocenters. The zero-order valence-corrected chi connectivity index (χ0v) is 9.36. The molecule has 2 heterocycles. The molecule has 2 saturated heterocycles. The molecule has 1 amide bonds. The number of fused-ring (bicyclic) bond motifs is 1. The van der Waals surface area contributed by atoms with Crippen LogP contribution in [0.5, 0.6) is 0 Å². The second-order valence-electron chi connectivity index (χ2n) is 4.99. The maximum Gasteiger partial charge on any atom is 0.219 e. The molecule has 0 saturated carbocycles. The lowest BCUT2D eigenvalue weighted by Gasteiger charge is -2.23. The number of hydrogen-bond donors (Lipinski definition) is 0. The summed E-state index contributed by atoms with van der Waals surface area (Å²) < 4.78 is 0. The highest BCUT2D eigenvalue weighted by molar-refractivity contribution is 5.73. The molecule has 0 aromatic carbocycles. The van der Waals surface area contributed by atoms with Crippen LogP contribution in [0, 0.1) is 11.8 Å². The fourth-order valence-electron chi connectivity index (χ4n) is 2.71. The van der Waals surface area contributed by atoms with E-state index in [1.165, 1.54) is 13.1 Å². The van der Waals surface area contributed by atoms with Crippen molar-refractivity contribution >= 4 is 5.91 Å². The monoisotopic (exact) mass is 196 g/mol. The van der Waals surface area contributed by atoms with Crippen LogP contribution in [0.15, 0.2) is 0 Å². The van der Waals surface area contributed by atoms with Crippen molar-refractivity contribution in [3.8, 4) is 0 Å². The average molecular weight is 196 g/mol. The van der Waals surface area contributed by atoms with Crippen molar-refractivity contribution in [1.82, 2.24) is 9.80 Å². The van der Waals surface area contributed by atoms with Crippen molar-refractivity contribution < 1.29 is 4.79 Å². The van der Waals surface area contributed by atoms with Crippen LogP contribution >= 0.6 is 0 Å². The summed E-state index contributed by atoms with van der Waals surface area (Å²) in [6, 6.07) is 0.659. The Balaban J connectivity index is 1.93. The number of hydrogen-bond acceptors (Lipinski definition) is 2. The summed E-state index contributed by atoms with van der Waals surface area (Å²) >= 11 is 0. The first-order valence-corrected chi connectivity index (χ1v) is 5.57. The van der Waals surface area contributed by atoms with Crippen LogP contribution in [0.2, 0.25) is 0 Å². The Hall–Kier alpha value is -0.570. The second-order valence-corrected chi connectivity index (χ2v) is 4.99. The summed E-state index contributed by atoms with van der Waals surface area (Å²) in [5.41, 5.74) is 0. The summed E-state index contributed by atoms with van der Waals surface area (Å²) in [5.74, 6) is 1.72. The molecule has 3 nitrogen and oxygen atoms in total. The van der Waals surface area contributed by atoms with E-state index in [4.69, 9.17) is 0 Å². The molecule has 0 radical (unpaired) electrons.